The lowest BCUT2D eigenvalue weighted by Gasteiger charge is -2.26. The molecule has 1 aliphatic heterocycles. The quantitative estimate of drug-likeness (QED) is 0.712. The molecule has 1 amide bonds. The van der Waals surface area contributed by atoms with Gasteiger partial charge in [-0.2, -0.15) is 0 Å². The molecule has 0 aliphatic carbocycles. The largest absolute Gasteiger partial charge is 0.497 e. The summed E-state index contributed by atoms with van der Waals surface area (Å²) in [4.78, 5) is 29.4. The number of aromatic amines is 1. The maximum Gasteiger partial charge on any atom is 0.273 e. The minimum absolute atomic E-state index is 0.0718. The number of nitrogens with zero attached hydrogens (tertiary/aromatic N) is 3. The number of likely N-dealkylation sites (tertiary alicyclic amines) is 1. The van der Waals surface area contributed by atoms with Gasteiger partial charge in [-0.15, -0.1) is 10.2 Å². The summed E-state index contributed by atoms with van der Waals surface area (Å²) in [5.74, 6) is 1.04. The van der Waals surface area contributed by atoms with E-state index < -0.39 is 0 Å². The lowest BCUT2D eigenvalue weighted by Crippen LogP contribution is -2.37. The van der Waals surface area contributed by atoms with Gasteiger partial charge in [-0.1, -0.05) is 6.42 Å². The third kappa shape index (κ3) is 5.63. The van der Waals surface area contributed by atoms with E-state index in [9.17, 15) is 9.59 Å². The fourth-order valence-electron chi connectivity index (χ4n) is 3.26. The van der Waals surface area contributed by atoms with Crippen molar-refractivity contribution in [3.05, 3.63) is 40.3 Å². The molecule has 1 aliphatic rings. The van der Waals surface area contributed by atoms with E-state index in [2.05, 4.69) is 25.4 Å². The van der Waals surface area contributed by atoms with E-state index in [-0.39, 0.29) is 30.0 Å². The Kier molecular flexibility index (Phi) is 7.13. The van der Waals surface area contributed by atoms with Crippen LogP contribution in [0.1, 0.15) is 31.4 Å². The molecule has 1 aromatic heterocycles. The lowest BCUT2D eigenvalue weighted by atomic mass is 10.1. The van der Waals surface area contributed by atoms with Gasteiger partial charge in [-0.05, 0) is 50.2 Å². The molecule has 2 aromatic rings. The summed E-state index contributed by atoms with van der Waals surface area (Å²) in [6.07, 6.45) is 4.26. The second-order valence-corrected chi connectivity index (χ2v) is 6.93. The van der Waals surface area contributed by atoms with Gasteiger partial charge in [0.05, 0.1) is 7.11 Å². The second kappa shape index (κ2) is 9.98. The number of rotatable bonds is 8. The van der Waals surface area contributed by atoms with E-state index in [1.165, 1.54) is 19.3 Å². The summed E-state index contributed by atoms with van der Waals surface area (Å²) >= 11 is 0. The number of benzene rings is 1. The summed E-state index contributed by atoms with van der Waals surface area (Å²) in [7, 11) is 1.59. The molecule has 8 nitrogen and oxygen atoms in total. The number of H-pyrrole nitrogens is 1. The Balaban J connectivity index is 1.47. The van der Waals surface area contributed by atoms with Crippen molar-refractivity contribution in [2.24, 2.45) is 0 Å². The fourth-order valence-corrected chi connectivity index (χ4v) is 3.26. The Morgan fingerprint density at radius 1 is 1.18 bits per heavy atom. The molecule has 1 fully saturated rings. The highest BCUT2D eigenvalue weighted by Crippen LogP contribution is 2.17. The maximum atomic E-state index is 12.2. The number of aromatic nitrogens is 3. The summed E-state index contributed by atoms with van der Waals surface area (Å²) < 4.78 is 5.12. The van der Waals surface area contributed by atoms with Crippen molar-refractivity contribution in [1.82, 2.24) is 25.4 Å². The number of nitrogens with one attached hydrogen (secondary N) is 2. The number of carbonyl (C=O) groups is 1. The maximum absolute atomic E-state index is 12.2. The zero-order valence-corrected chi connectivity index (χ0v) is 16.2. The van der Waals surface area contributed by atoms with Crippen molar-refractivity contribution in [3.63, 3.8) is 0 Å². The Morgan fingerprint density at radius 2 is 1.93 bits per heavy atom. The van der Waals surface area contributed by atoms with Crippen molar-refractivity contribution in [2.75, 3.05) is 33.3 Å². The SMILES string of the molecule is COc1ccc(-c2nnc(CCC(=O)NCCN3CCCCC3)c(=O)[nH]2)cc1. The van der Waals surface area contributed by atoms with Gasteiger partial charge in [-0.25, -0.2) is 0 Å². The van der Waals surface area contributed by atoms with Crippen LogP contribution in [0.3, 0.4) is 0 Å². The third-order valence-corrected chi connectivity index (χ3v) is 4.92. The molecule has 3 rings (SSSR count). The molecule has 8 heteroatoms. The van der Waals surface area contributed by atoms with E-state index in [0.29, 0.717) is 12.4 Å². The van der Waals surface area contributed by atoms with Crippen LogP contribution in [-0.4, -0.2) is 59.3 Å². The van der Waals surface area contributed by atoms with Crippen LogP contribution in [-0.2, 0) is 11.2 Å². The van der Waals surface area contributed by atoms with Gasteiger partial charge in [0.2, 0.25) is 5.91 Å². The Morgan fingerprint density at radius 3 is 2.61 bits per heavy atom. The van der Waals surface area contributed by atoms with Gasteiger partial charge in [0.1, 0.15) is 11.4 Å². The molecule has 0 spiro atoms. The molecule has 0 unspecified atom stereocenters. The number of hydrogen-bond donors (Lipinski definition) is 2. The fraction of sp³-hybridized carbons (Fsp3) is 0.500. The molecule has 2 N–H and O–H groups in total. The first kappa shape index (κ1) is 20.0. The number of amides is 1. The smallest absolute Gasteiger partial charge is 0.273 e. The number of aryl methyl sites for hydroxylation is 1. The van der Waals surface area contributed by atoms with Gasteiger partial charge in [0, 0.05) is 31.5 Å². The minimum Gasteiger partial charge on any atom is -0.497 e. The topological polar surface area (TPSA) is 100 Å². The van der Waals surface area contributed by atoms with Crippen LogP contribution < -0.4 is 15.6 Å². The monoisotopic (exact) mass is 385 g/mol. The van der Waals surface area contributed by atoms with Gasteiger partial charge >= 0.3 is 0 Å². The van der Waals surface area contributed by atoms with Crippen LogP contribution in [0.15, 0.2) is 29.1 Å². The Hall–Kier alpha value is -2.74. The van der Waals surface area contributed by atoms with Gasteiger partial charge in [0.25, 0.3) is 5.56 Å². The summed E-state index contributed by atoms with van der Waals surface area (Å²) in [5, 5.41) is 11.0. The van der Waals surface area contributed by atoms with E-state index in [1.807, 2.05) is 0 Å². The van der Waals surface area contributed by atoms with E-state index in [1.54, 1.807) is 31.4 Å². The minimum atomic E-state index is -0.318. The summed E-state index contributed by atoms with van der Waals surface area (Å²) in [6.45, 7) is 3.74. The first-order chi connectivity index (χ1) is 13.7. The van der Waals surface area contributed by atoms with Crippen molar-refractivity contribution in [1.29, 1.82) is 0 Å². The molecule has 28 heavy (non-hydrogen) atoms. The van der Waals surface area contributed by atoms with Gasteiger partial charge in [-0.3, -0.25) is 9.59 Å². The van der Waals surface area contributed by atoms with E-state index in [4.69, 9.17) is 4.74 Å². The van der Waals surface area contributed by atoms with Gasteiger partial charge in [0.15, 0.2) is 5.82 Å². The van der Waals surface area contributed by atoms with Crippen LogP contribution in [0, 0.1) is 0 Å². The van der Waals surface area contributed by atoms with Crippen LogP contribution >= 0.6 is 0 Å². The van der Waals surface area contributed by atoms with Crippen molar-refractivity contribution < 1.29 is 9.53 Å². The number of piperidine rings is 1. The Bertz CT molecular complexity index is 828. The molecule has 0 saturated carbocycles. The molecule has 1 aromatic carbocycles. The first-order valence-electron chi connectivity index (χ1n) is 9.75. The summed E-state index contributed by atoms with van der Waals surface area (Å²) in [5.41, 5.74) is 0.692. The molecule has 2 heterocycles. The standard InChI is InChI=1S/C20H27N5O3/c1-28-16-7-5-15(6-8-16)19-22-20(27)17(23-24-19)9-10-18(26)21-11-14-25-12-3-2-4-13-25/h5-8H,2-4,9-14H2,1H3,(H,21,26)(H,22,24,27). The zero-order valence-electron chi connectivity index (χ0n) is 16.2. The molecular weight excluding hydrogens is 358 g/mol. The highest BCUT2D eigenvalue weighted by molar-refractivity contribution is 5.76. The molecule has 1 saturated heterocycles. The second-order valence-electron chi connectivity index (χ2n) is 6.93. The van der Waals surface area contributed by atoms with Crippen LogP contribution in [0.5, 0.6) is 5.75 Å². The Labute approximate surface area is 164 Å². The highest BCUT2D eigenvalue weighted by Gasteiger charge is 2.12. The molecule has 0 radical (unpaired) electrons. The number of methoxy groups -OCH3 is 1. The van der Waals surface area contributed by atoms with Gasteiger partial charge < -0.3 is 19.9 Å². The van der Waals surface area contributed by atoms with E-state index in [0.717, 1.165) is 30.9 Å². The predicted octanol–water partition coefficient (Wildman–Crippen LogP) is 1.38. The third-order valence-electron chi connectivity index (χ3n) is 4.92. The summed E-state index contributed by atoms with van der Waals surface area (Å²) in [6, 6.07) is 7.18. The molecule has 0 bridgehead atoms. The number of carbonyl (C=O) groups excluding carboxylic acids is 1. The average molecular weight is 385 g/mol. The predicted molar refractivity (Wildman–Crippen MR) is 106 cm³/mol. The van der Waals surface area contributed by atoms with Crippen LogP contribution in [0.2, 0.25) is 0 Å². The normalized spacial score (nSPS) is 14.6. The molecule has 0 atom stereocenters. The molecular formula is C20H27N5O3. The van der Waals surface area contributed by atoms with Crippen molar-refractivity contribution in [3.8, 4) is 17.1 Å². The zero-order chi connectivity index (χ0) is 19.8. The van der Waals surface area contributed by atoms with E-state index >= 15 is 0 Å². The van der Waals surface area contributed by atoms with Crippen molar-refractivity contribution >= 4 is 5.91 Å². The van der Waals surface area contributed by atoms with Crippen LogP contribution in [0.4, 0.5) is 0 Å². The first-order valence-corrected chi connectivity index (χ1v) is 9.75. The highest BCUT2D eigenvalue weighted by atomic mass is 16.5. The average Bonchev–Trinajstić information content (AvgIpc) is 2.73. The van der Waals surface area contributed by atoms with Crippen molar-refractivity contribution in [2.45, 2.75) is 32.1 Å². The number of hydrogen-bond acceptors (Lipinski definition) is 6. The molecule has 150 valence electrons. The lowest BCUT2D eigenvalue weighted by molar-refractivity contribution is -0.121. The van der Waals surface area contributed by atoms with Crippen LogP contribution in [0.25, 0.3) is 11.4 Å². The number of ether oxygens (including phenoxy) is 1.